The highest BCUT2D eigenvalue weighted by molar-refractivity contribution is 7.08. The molecule has 15 heavy (non-hydrogen) atoms. The van der Waals surface area contributed by atoms with Gasteiger partial charge in [-0.2, -0.15) is 0 Å². The monoisotopic (exact) mass is 225 g/mol. The van der Waals surface area contributed by atoms with Gasteiger partial charge in [-0.25, -0.2) is 0 Å². The van der Waals surface area contributed by atoms with Gasteiger partial charge in [-0.3, -0.25) is 4.79 Å². The zero-order valence-corrected chi connectivity index (χ0v) is 9.80. The number of aryl methyl sites for hydroxylation is 1. The summed E-state index contributed by atoms with van der Waals surface area (Å²) in [6, 6.07) is 0. The first-order valence-electron chi connectivity index (χ1n) is 5.00. The summed E-state index contributed by atoms with van der Waals surface area (Å²) < 4.78 is 3.78. The fraction of sp³-hybridized carbons (Fsp3) is 0.500. The molecular formula is C10H15N3OS. The lowest BCUT2D eigenvalue weighted by Crippen LogP contribution is -2.24. The van der Waals surface area contributed by atoms with Crippen molar-refractivity contribution in [1.29, 1.82) is 0 Å². The standard InChI is InChI=1S/C10H15N3OS/c1-3-5-6-7-11-10(14)9-8(4-2)12-13-15-9/h3,5H,4,6-7H2,1-2H3,(H,11,14)/b5-3+. The summed E-state index contributed by atoms with van der Waals surface area (Å²) in [5.74, 6) is -0.0636. The number of carbonyl (C=O) groups excluding carboxylic acids is 1. The van der Waals surface area contributed by atoms with Crippen molar-refractivity contribution in [3.63, 3.8) is 0 Å². The van der Waals surface area contributed by atoms with Crippen LogP contribution in [0.1, 0.15) is 35.6 Å². The van der Waals surface area contributed by atoms with Gasteiger partial charge in [-0.05, 0) is 31.3 Å². The number of amides is 1. The predicted molar refractivity (Wildman–Crippen MR) is 61.1 cm³/mol. The third-order valence-electron chi connectivity index (χ3n) is 1.93. The molecule has 1 rings (SSSR count). The molecule has 0 aliphatic rings. The van der Waals surface area contributed by atoms with E-state index in [1.54, 1.807) is 0 Å². The zero-order valence-electron chi connectivity index (χ0n) is 8.99. The van der Waals surface area contributed by atoms with E-state index >= 15 is 0 Å². The maximum absolute atomic E-state index is 11.6. The molecule has 0 bridgehead atoms. The minimum Gasteiger partial charge on any atom is -0.351 e. The van der Waals surface area contributed by atoms with Gasteiger partial charge in [0.05, 0.1) is 5.69 Å². The van der Waals surface area contributed by atoms with Gasteiger partial charge < -0.3 is 5.32 Å². The number of carbonyl (C=O) groups is 1. The second kappa shape index (κ2) is 6.29. The van der Waals surface area contributed by atoms with Crippen LogP contribution in [0.4, 0.5) is 0 Å². The lowest BCUT2D eigenvalue weighted by Gasteiger charge is -2.01. The molecule has 0 saturated carbocycles. The minimum absolute atomic E-state index is 0.0636. The SMILES string of the molecule is C/C=C/CCNC(=O)c1snnc1CC. The van der Waals surface area contributed by atoms with Crippen LogP contribution in [0.2, 0.25) is 0 Å². The summed E-state index contributed by atoms with van der Waals surface area (Å²) in [4.78, 5) is 12.3. The van der Waals surface area contributed by atoms with Crippen LogP contribution < -0.4 is 5.32 Å². The summed E-state index contributed by atoms with van der Waals surface area (Å²) in [5, 5.41) is 6.73. The minimum atomic E-state index is -0.0636. The molecule has 1 amide bonds. The molecule has 82 valence electrons. The van der Waals surface area contributed by atoms with E-state index in [4.69, 9.17) is 0 Å². The van der Waals surface area contributed by atoms with E-state index in [2.05, 4.69) is 14.9 Å². The average molecular weight is 225 g/mol. The Kier molecular flexibility index (Phi) is 4.97. The molecule has 5 heteroatoms. The van der Waals surface area contributed by atoms with Crippen molar-refractivity contribution in [2.75, 3.05) is 6.54 Å². The molecule has 1 aromatic heterocycles. The Labute approximate surface area is 93.6 Å². The number of hydrogen-bond acceptors (Lipinski definition) is 4. The van der Waals surface area contributed by atoms with Crippen LogP contribution in [0.25, 0.3) is 0 Å². The lowest BCUT2D eigenvalue weighted by atomic mass is 10.3. The summed E-state index contributed by atoms with van der Waals surface area (Å²) in [7, 11) is 0. The molecule has 0 fully saturated rings. The van der Waals surface area contributed by atoms with Crippen LogP contribution in [-0.4, -0.2) is 22.0 Å². The number of nitrogens with zero attached hydrogens (tertiary/aromatic N) is 2. The Morgan fingerprint density at radius 3 is 3.07 bits per heavy atom. The number of aromatic nitrogens is 2. The van der Waals surface area contributed by atoms with Crippen molar-refractivity contribution in [2.45, 2.75) is 26.7 Å². The molecule has 0 aromatic carbocycles. The molecule has 0 spiro atoms. The molecule has 0 aliphatic carbocycles. The summed E-state index contributed by atoms with van der Waals surface area (Å²) in [6.07, 6.45) is 5.59. The first-order valence-corrected chi connectivity index (χ1v) is 5.77. The van der Waals surface area contributed by atoms with E-state index in [0.29, 0.717) is 11.4 Å². The third-order valence-corrected chi connectivity index (χ3v) is 2.70. The predicted octanol–water partition coefficient (Wildman–Crippen LogP) is 1.80. The van der Waals surface area contributed by atoms with Crippen molar-refractivity contribution in [1.82, 2.24) is 14.9 Å². The number of nitrogens with one attached hydrogen (secondary N) is 1. The van der Waals surface area contributed by atoms with Crippen LogP contribution in [0.15, 0.2) is 12.2 Å². The highest BCUT2D eigenvalue weighted by atomic mass is 32.1. The molecule has 4 nitrogen and oxygen atoms in total. The van der Waals surface area contributed by atoms with Crippen LogP contribution >= 0.6 is 11.5 Å². The molecule has 0 aliphatic heterocycles. The van der Waals surface area contributed by atoms with Crippen LogP contribution in [0.5, 0.6) is 0 Å². The van der Waals surface area contributed by atoms with Gasteiger partial charge in [0.1, 0.15) is 4.88 Å². The van der Waals surface area contributed by atoms with Gasteiger partial charge in [0.25, 0.3) is 5.91 Å². The summed E-state index contributed by atoms with van der Waals surface area (Å²) in [6.45, 7) is 4.59. The van der Waals surface area contributed by atoms with Gasteiger partial charge in [-0.15, -0.1) is 5.10 Å². The topological polar surface area (TPSA) is 54.9 Å². The van der Waals surface area contributed by atoms with Crippen molar-refractivity contribution in [3.05, 3.63) is 22.7 Å². The maximum atomic E-state index is 11.6. The highest BCUT2D eigenvalue weighted by Gasteiger charge is 2.13. The Morgan fingerprint density at radius 2 is 2.40 bits per heavy atom. The van der Waals surface area contributed by atoms with Crippen LogP contribution in [-0.2, 0) is 6.42 Å². The van der Waals surface area contributed by atoms with Gasteiger partial charge in [0, 0.05) is 6.54 Å². The smallest absolute Gasteiger partial charge is 0.264 e. The molecule has 1 aromatic rings. The van der Waals surface area contributed by atoms with Gasteiger partial charge >= 0.3 is 0 Å². The van der Waals surface area contributed by atoms with Crippen molar-refractivity contribution >= 4 is 17.4 Å². The molecule has 1 N–H and O–H groups in total. The number of rotatable bonds is 5. The van der Waals surface area contributed by atoms with Gasteiger partial charge in [0.2, 0.25) is 0 Å². The molecule has 1 heterocycles. The molecular weight excluding hydrogens is 210 g/mol. The largest absolute Gasteiger partial charge is 0.351 e. The summed E-state index contributed by atoms with van der Waals surface area (Å²) >= 11 is 1.15. The molecule has 0 unspecified atom stereocenters. The van der Waals surface area contributed by atoms with Crippen molar-refractivity contribution < 1.29 is 4.79 Å². The second-order valence-corrected chi connectivity index (χ2v) is 3.77. The Hall–Kier alpha value is -1.23. The molecule has 0 atom stereocenters. The normalized spacial score (nSPS) is 10.8. The Bertz CT molecular complexity index is 346. The zero-order chi connectivity index (χ0) is 11.1. The van der Waals surface area contributed by atoms with Crippen LogP contribution in [0.3, 0.4) is 0 Å². The maximum Gasteiger partial charge on any atom is 0.264 e. The first kappa shape index (κ1) is 11.8. The number of allylic oxidation sites excluding steroid dienone is 1. The summed E-state index contributed by atoms with van der Waals surface area (Å²) in [5.41, 5.74) is 0.781. The Morgan fingerprint density at radius 1 is 1.60 bits per heavy atom. The van der Waals surface area contributed by atoms with E-state index in [0.717, 1.165) is 30.1 Å². The van der Waals surface area contributed by atoms with E-state index in [-0.39, 0.29) is 5.91 Å². The van der Waals surface area contributed by atoms with Crippen LogP contribution in [0, 0.1) is 0 Å². The van der Waals surface area contributed by atoms with Crippen molar-refractivity contribution in [2.24, 2.45) is 0 Å². The van der Waals surface area contributed by atoms with E-state index in [1.807, 2.05) is 26.0 Å². The fourth-order valence-corrected chi connectivity index (χ4v) is 1.80. The van der Waals surface area contributed by atoms with Crippen molar-refractivity contribution in [3.8, 4) is 0 Å². The molecule has 0 saturated heterocycles. The quantitative estimate of drug-likeness (QED) is 0.614. The lowest BCUT2D eigenvalue weighted by molar-refractivity contribution is 0.0957. The Balaban J connectivity index is 2.46. The van der Waals surface area contributed by atoms with Gasteiger partial charge in [0.15, 0.2) is 0 Å². The fourth-order valence-electron chi connectivity index (χ4n) is 1.13. The van der Waals surface area contributed by atoms with E-state index < -0.39 is 0 Å². The van der Waals surface area contributed by atoms with E-state index in [9.17, 15) is 4.79 Å². The highest BCUT2D eigenvalue weighted by Crippen LogP contribution is 2.10. The van der Waals surface area contributed by atoms with E-state index in [1.165, 1.54) is 0 Å². The number of hydrogen-bond donors (Lipinski definition) is 1. The second-order valence-electron chi connectivity index (χ2n) is 3.02. The first-order chi connectivity index (χ1) is 7.29. The molecule has 0 radical (unpaired) electrons. The van der Waals surface area contributed by atoms with Gasteiger partial charge in [-0.1, -0.05) is 23.6 Å². The average Bonchev–Trinajstić information content (AvgIpc) is 2.72. The third kappa shape index (κ3) is 3.43.